The van der Waals surface area contributed by atoms with E-state index in [1.54, 1.807) is 30.1 Å². The van der Waals surface area contributed by atoms with Crippen molar-refractivity contribution in [3.8, 4) is 0 Å². The third kappa shape index (κ3) is 9.15. The van der Waals surface area contributed by atoms with Crippen molar-refractivity contribution in [2.45, 2.75) is 45.8 Å². The highest BCUT2D eigenvalue weighted by Crippen LogP contribution is 2.29. The summed E-state index contributed by atoms with van der Waals surface area (Å²) in [5.74, 6) is -0.193. The molecule has 160 valence electrons. The topological polar surface area (TPSA) is 12.9 Å². The van der Waals surface area contributed by atoms with Crippen LogP contribution in [0.4, 0.5) is 4.39 Å². The van der Waals surface area contributed by atoms with E-state index in [2.05, 4.69) is 30.8 Å². The van der Waals surface area contributed by atoms with E-state index in [1.165, 1.54) is 11.6 Å². The minimum atomic E-state index is -0.193. The van der Waals surface area contributed by atoms with Gasteiger partial charge in [-0.25, -0.2) is 4.39 Å². The molecule has 0 fully saturated rings. The Balaban J connectivity index is 0.00000218. The van der Waals surface area contributed by atoms with Crippen LogP contribution in [0, 0.1) is 5.82 Å². The molecule has 4 heteroatoms. The first-order chi connectivity index (χ1) is 14.5. The van der Waals surface area contributed by atoms with Gasteiger partial charge in [-0.05, 0) is 61.4 Å². The van der Waals surface area contributed by atoms with Crippen LogP contribution in [0.15, 0.2) is 89.6 Å². The van der Waals surface area contributed by atoms with Gasteiger partial charge >= 0.3 is 0 Å². The van der Waals surface area contributed by atoms with E-state index in [9.17, 15) is 4.39 Å². The Hall–Kier alpha value is -2.10. The summed E-state index contributed by atoms with van der Waals surface area (Å²) < 4.78 is 14.4. The van der Waals surface area contributed by atoms with Gasteiger partial charge in [-0.15, -0.1) is 11.8 Å². The number of benzene rings is 1. The van der Waals surface area contributed by atoms with Gasteiger partial charge in [0.15, 0.2) is 0 Å². The van der Waals surface area contributed by atoms with Gasteiger partial charge in [0.05, 0.1) is 0 Å². The highest BCUT2D eigenvalue weighted by molar-refractivity contribution is 8.03. The van der Waals surface area contributed by atoms with E-state index >= 15 is 0 Å². The van der Waals surface area contributed by atoms with E-state index in [4.69, 9.17) is 11.6 Å². The van der Waals surface area contributed by atoms with Crippen LogP contribution in [0.1, 0.15) is 45.2 Å². The van der Waals surface area contributed by atoms with Crippen LogP contribution in [0.5, 0.6) is 0 Å². The number of thioether (sulfide) groups is 1. The Bertz CT molecular complexity index is 872. The van der Waals surface area contributed by atoms with Gasteiger partial charge in [0.2, 0.25) is 0 Å². The predicted molar refractivity (Wildman–Crippen MR) is 133 cm³/mol. The van der Waals surface area contributed by atoms with Gasteiger partial charge < -0.3 is 0 Å². The molecule has 30 heavy (non-hydrogen) atoms. The molecule has 0 spiro atoms. The molecule has 1 atom stereocenters. The molecule has 0 saturated heterocycles. The van der Waals surface area contributed by atoms with E-state index in [-0.39, 0.29) is 11.1 Å². The van der Waals surface area contributed by atoms with Crippen molar-refractivity contribution in [2.24, 2.45) is 0 Å². The Labute approximate surface area is 190 Å². The second kappa shape index (κ2) is 14.8. The number of nitrogens with zero attached hydrogens (tertiary/aromatic N) is 1. The molecular weight excluding hydrogens is 413 g/mol. The number of rotatable bonds is 9. The van der Waals surface area contributed by atoms with Gasteiger partial charge in [0.25, 0.3) is 0 Å². The SMILES string of the molecule is C=C/C(Cl)=C\C=C(/C)C(C)S/C=C(\CCc1cccnc1)c1ccccc1F.CC. The fraction of sp³-hybridized carbons (Fsp3) is 0.269. The first-order valence-corrected chi connectivity index (χ1v) is 11.5. The summed E-state index contributed by atoms with van der Waals surface area (Å²) in [5, 5.41) is 2.93. The van der Waals surface area contributed by atoms with E-state index < -0.39 is 0 Å². The van der Waals surface area contributed by atoms with Gasteiger partial charge in [0.1, 0.15) is 5.82 Å². The lowest BCUT2D eigenvalue weighted by Gasteiger charge is -2.13. The lowest BCUT2D eigenvalue weighted by molar-refractivity contribution is 0.623. The lowest BCUT2D eigenvalue weighted by Crippen LogP contribution is -1.98. The molecule has 1 aromatic carbocycles. The molecular formula is C26H31ClFNS. The lowest BCUT2D eigenvalue weighted by atomic mass is 10.00. The maximum atomic E-state index is 14.4. The fourth-order valence-electron chi connectivity index (χ4n) is 2.51. The van der Waals surface area contributed by atoms with Crippen LogP contribution in [0.3, 0.4) is 0 Å². The van der Waals surface area contributed by atoms with Crippen molar-refractivity contribution in [3.63, 3.8) is 0 Å². The highest BCUT2D eigenvalue weighted by atomic mass is 35.5. The van der Waals surface area contributed by atoms with Crippen LogP contribution in [-0.2, 0) is 6.42 Å². The summed E-state index contributed by atoms with van der Waals surface area (Å²) in [4.78, 5) is 4.16. The van der Waals surface area contributed by atoms with Gasteiger partial charge in [0, 0.05) is 28.2 Å². The Morgan fingerprint density at radius 1 is 1.20 bits per heavy atom. The van der Waals surface area contributed by atoms with Crippen molar-refractivity contribution in [1.82, 2.24) is 4.98 Å². The molecule has 0 bridgehead atoms. The second-order valence-corrected chi connectivity index (χ2v) is 8.08. The quantitative estimate of drug-likeness (QED) is 0.360. The second-order valence-electron chi connectivity index (χ2n) is 6.43. The molecule has 1 aromatic heterocycles. The average Bonchev–Trinajstić information content (AvgIpc) is 2.79. The molecule has 0 radical (unpaired) electrons. The Morgan fingerprint density at radius 2 is 1.93 bits per heavy atom. The number of hydrogen-bond acceptors (Lipinski definition) is 2. The summed E-state index contributed by atoms with van der Waals surface area (Å²) in [7, 11) is 0. The number of aryl methyl sites for hydroxylation is 1. The number of hydrogen-bond donors (Lipinski definition) is 0. The monoisotopic (exact) mass is 443 g/mol. The smallest absolute Gasteiger partial charge is 0.130 e. The summed E-state index contributed by atoms with van der Waals surface area (Å²) in [6.07, 6.45) is 10.6. The van der Waals surface area contributed by atoms with E-state index in [1.807, 2.05) is 56.5 Å². The maximum absolute atomic E-state index is 14.4. The number of pyridine rings is 1. The summed E-state index contributed by atoms with van der Waals surface area (Å²) in [6, 6.07) is 10.9. The van der Waals surface area contributed by atoms with Crippen molar-refractivity contribution < 1.29 is 4.39 Å². The van der Waals surface area contributed by atoms with Gasteiger partial charge in [-0.1, -0.05) is 74.0 Å². The van der Waals surface area contributed by atoms with Crippen LogP contribution in [-0.4, -0.2) is 10.2 Å². The third-order valence-electron chi connectivity index (χ3n) is 4.38. The predicted octanol–water partition coefficient (Wildman–Crippen LogP) is 8.60. The highest BCUT2D eigenvalue weighted by Gasteiger charge is 2.10. The van der Waals surface area contributed by atoms with Crippen LogP contribution < -0.4 is 0 Å². The minimum absolute atomic E-state index is 0.193. The molecule has 1 unspecified atom stereocenters. The number of allylic oxidation sites excluding steroid dienone is 5. The molecule has 0 aliphatic rings. The first-order valence-electron chi connectivity index (χ1n) is 10.2. The standard InChI is InChI=1S/C24H25ClFNS.C2H6/c1-4-22(25)14-11-18(2)19(3)28-17-21(23-9-5-6-10-24(23)26)13-12-20-8-7-15-27-16-20;1-2/h4-11,14-17,19H,1,12-13H2,2-3H3;1-2H3/b18-11+,21-17+,22-14+;. The molecule has 1 heterocycles. The summed E-state index contributed by atoms with van der Waals surface area (Å²) >= 11 is 7.65. The molecule has 0 saturated carbocycles. The normalized spacial score (nSPS) is 13.3. The summed E-state index contributed by atoms with van der Waals surface area (Å²) in [6.45, 7) is 11.8. The fourth-order valence-corrected chi connectivity index (χ4v) is 3.48. The van der Waals surface area contributed by atoms with Crippen molar-refractivity contribution >= 4 is 28.9 Å². The van der Waals surface area contributed by atoms with Crippen LogP contribution in [0.25, 0.3) is 5.57 Å². The molecule has 0 amide bonds. The molecule has 2 aromatic rings. The Morgan fingerprint density at radius 3 is 2.57 bits per heavy atom. The minimum Gasteiger partial charge on any atom is -0.264 e. The largest absolute Gasteiger partial charge is 0.264 e. The van der Waals surface area contributed by atoms with Crippen LogP contribution >= 0.6 is 23.4 Å². The zero-order valence-corrected chi connectivity index (χ0v) is 19.8. The summed E-state index contributed by atoms with van der Waals surface area (Å²) in [5.41, 5.74) is 3.97. The van der Waals surface area contributed by atoms with E-state index in [0.29, 0.717) is 10.6 Å². The maximum Gasteiger partial charge on any atom is 0.130 e. The molecule has 0 N–H and O–H groups in total. The molecule has 0 aliphatic carbocycles. The van der Waals surface area contributed by atoms with Crippen LogP contribution in [0.2, 0.25) is 0 Å². The van der Waals surface area contributed by atoms with Crippen molar-refractivity contribution in [2.75, 3.05) is 0 Å². The molecule has 2 rings (SSSR count). The zero-order chi connectivity index (χ0) is 22.4. The zero-order valence-electron chi connectivity index (χ0n) is 18.2. The molecule has 0 aliphatic heterocycles. The van der Waals surface area contributed by atoms with Crippen molar-refractivity contribution in [1.29, 1.82) is 0 Å². The third-order valence-corrected chi connectivity index (χ3v) is 5.86. The van der Waals surface area contributed by atoms with E-state index in [0.717, 1.165) is 24.0 Å². The number of halogens is 2. The molecule has 1 nitrogen and oxygen atoms in total. The Kier molecular flexibility index (Phi) is 12.8. The average molecular weight is 444 g/mol. The van der Waals surface area contributed by atoms with Gasteiger partial charge in [-0.2, -0.15) is 0 Å². The van der Waals surface area contributed by atoms with Crippen molar-refractivity contribution in [3.05, 3.63) is 107 Å². The number of aromatic nitrogens is 1. The van der Waals surface area contributed by atoms with Gasteiger partial charge in [-0.3, -0.25) is 4.98 Å². The first kappa shape index (κ1) is 25.9.